The monoisotopic (exact) mass is 491 g/mol. The molecular formula is C28H29NO5S. The van der Waals surface area contributed by atoms with E-state index in [4.69, 9.17) is 9.47 Å². The number of anilines is 1. The van der Waals surface area contributed by atoms with Gasteiger partial charge in [-0.15, -0.1) is 0 Å². The minimum absolute atomic E-state index is 0.102. The van der Waals surface area contributed by atoms with Crippen LogP contribution in [0.1, 0.15) is 36.5 Å². The van der Waals surface area contributed by atoms with E-state index in [2.05, 4.69) is 0 Å². The molecule has 0 bridgehead atoms. The van der Waals surface area contributed by atoms with Crippen molar-refractivity contribution in [2.45, 2.75) is 37.7 Å². The molecule has 0 unspecified atom stereocenters. The molecule has 0 radical (unpaired) electrons. The van der Waals surface area contributed by atoms with Gasteiger partial charge in [0.25, 0.3) is 10.0 Å². The minimum Gasteiger partial charge on any atom is -0.486 e. The van der Waals surface area contributed by atoms with Crippen molar-refractivity contribution < 1.29 is 22.7 Å². The van der Waals surface area contributed by atoms with E-state index in [1.54, 1.807) is 24.3 Å². The molecule has 0 amide bonds. The first-order valence-corrected chi connectivity index (χ1v) is 12.9. The maximum Gasteiger partial charge on any atom is 0.305 e. The molecule has 4 rings (SSSR count). The zero-order valence-electron chi connectivity index (χ0n) is 20.1. The summed E-state index contributed by atoms with van der Waals surface area (Å²) in [5, 5.41) is 0. The van der Waals surface area contributed by atoms with Crippen LogP contribution in [0.5, 0.6) is 5.75 Å². The van der Waals surface area contributed by atoms with Crippen LogP contribution < -0.4 is 9.04 Å². The number of sulfonamides is 1. The van der Waals surface area contributed by atoms with Crippen molar-refractivity contribution in [1.82, 2.24) is 0 Å². The Morgan fingerprint density at radius 1 is 1.09 bits per heavy atom. The van der Waals surface area contributed by atoms with Crippen molar-refractivity contribution in [3.63, 3.8) is 0 Å². The van der Waals surface area contributed by atoms with Crippen molar-refractivity contribution >= 4 is 33.3 Å². The molecule has 1 atom stereocenters. The summed E-state index contributed by atoms with van der Waals surface area (Å²) in [6.45, 7) is 3.99. The first-order valence-electron chi connectivity index (χ1n) is 11.5. The van der Waals surface area contributed by atoms with Gasteiger partial charge in [-0.1, -0.05) is 54.6 Å². The first-order chi connectivity index (χ1) is 16.8. The number of aryl methyl sites for hydroxylation is 1. The van der Waals surface area contributed by atoms with Crippen LogP contribution in [0.15, 0.2) is 77.7 Å². The third-order valence-electron chi connectivity index (χ3n) is 6.00. The average molecular weight is 492 g/mol. The minimum atomic E-state index is -3.86. The SMILES string of the molecule is COC(=O)CC[C@H]1CN(S(=O)(=O)c2cccc(C)c2)c2cc(/C=C(\C)c3ccccc3)ccc2O1. The second-order valence-electron chi connectivity index (χ2n) is 8.63. The normalized spacial score (nSPS) is 15.8. The predicted octanol–water partition coefficient (Wildman–Crippen LogP) is 5.47. The lowest BCUT2D eigenvalue weighted by molar-refractivity contribution is -0.141. The Balaban J connectivity index is 1.74. The van der Waals surface area contributed by atoms with Gasteiger partial charge in [0.15, 0.2) is 0 Å². The van der Waals surface area contributed by atoms with Gasteiger partial charge in [-0.3, -0.25) is 9.10 Å². The topological polar surface area (TPSA) is 72.9 Å². The zero-order chi connectivity index (χ0) is 25.0. The Morgan fingerprint density at radius 2 is 1.86 bits per heavy atom. The fourth-order valence-corrected chi connectivity index (χ4v) is 5.72. The molecular weight excluding hydrogens is 462 g/mol. The lowest BCUT2D eigenvalue weighted by Gasteiger charge is -2.35. The highest BCUT2D eigenvalue weighted by Crippen LogP contribution is 2.39. The Morgan fingerprint density at radius 3 is 2.57 bits per heavy atom. The molecule has 0 saturated carbocycles. The molecule has 0 N–H and O–H groups in total. The summed E-state index contributed by atoms with van der Waals surface area (Å²) in [4.78, 5) is 11.9. The number of nitrogens with zero attached hydrogens (tertiary/aromatic N) is 1. The Kier molecular flexibility index (Phi) is 7.26. The van der Waals surface area contributed by atoms with E-state index < -0.39 is 16.1 Å². The van der Waals surface area contributed by atoms with Gasteiger partial charge in [0, 0.05) is 6.42 Å². The van der Waals surface area contributed by atoms with Gasteiger partial charge >= 0.3 is 5.97 Å². The highest BCUT2D eigenvalue weighted by atomic mass is 32.2. The highest BCUT2D eigenvalue weighted by molar-refractivity contribution is 7.92. The second-order valence-corrected chi connectivity index (χ2v) is 10.5. The van der Waals surface area contributed by atoms with E-state index in [0.717, 1.165) is 22.3 Å². The predicted molar refractivity (Wildman–Crippen MR) is 138 cm³/mol. The number of methoxy groups -OCH3 is 1. The maximum absolute atomic E-state index is 13.8. The van der Waals surface area contributed by atoms with Gasteiger partial charge in [-0.05, 0) is 66.8 Å². The molecule has 1 aliphatic rings. The van der Waals surface area contributed by atoms with Crippen LogP contribution in [0.25, 0.3) is 11.6 Å². The number of fused-ring (bicyclic) bond motifs is 1. The van der Waals surface area contributed by atoms with Crippen LogP contribution in [0.4, 0.5) is 5.69 Å². The quantitative estimate of drug-likeness (QED) is 0.324. The van der Waals surface area contributed by atoms with Gasteiger partial charge in [0.1, 0.15) is 11.9 Å². The molecule has 1 heterocycles. The van der Waals surface area contributed by atoms with E-state index in [1.807, 2.05) is 68.5 Å². The Labute approximate surface area is 206 Å². The molecule has 182 valence electrons. The summed E-state index contributed by atoms with van der Waals surface area (Å²) in [7, 11) is -2.52. The first kappa shape index (κ1) is 24.5. The van der Waals surface area contributed by atoms with E-state index in [-0.39, 0.29) is 23.8 Å². The number of carbonyl (C=O) groups excluding carboxylic acids is 1. The molecule has 3 aromatic carbocycles. The molecule has 3 aromatic rings. The molecule has 1 aliphatic heterocycles. The Hall–Kier alpha value is -3.58. The lowest BCUT2D eigenvalue weighted by atomic mass is 10.0. The smallest absolute Gasteiger partial charge is 0.305 e. The van der Waals surface area contributed by atoms with Crippen LogP contribution in [-0.2, 0) is 19.6 Å². The van der Waals surface area contributed by atoms with Gasteiger partial charge in [-0.2, -0.15) is 0 Å². The van der Waals surface area contributed by atoms with Crippen molar-refractivity contribution in [3.05, 3.63) is 89.5 Å². The maximum atomic E-state index is 13.8. The second kappa shape index (κ2) is 10.4. The van der Waals surface area contributed by atoms with Crippen molar-refractivity contribution in [2.75, 3.05) is 18.0 Å². The summed E-state index contributed by atoms with van der Waals surface area (Å²) in [5.41, 5.74) is 4.36. The molecule has 0 spiro atoms. The molecule has 7 heteroatoms. The number of esters is 1. The van der Waals surface area contributed by atoms with Crippen LogP contribution in [0.3, 0.4) is 0 Å². The number of benzene rings is 3. The van der Waals surface area contributed by atoms with E-state index in [0.29, 0.717) is 17.9 Å². The number of rotatable bonds is 7. The molecule has 6 nitrogen and oxygen atoms in total. The van der Waals surface area contributed by atoms with Gasteiger partial charge < -0.3 is 9.47 Å². The number of allylic oxidation sites excluding steroid dienone is 1. The third kappa shape index (κ3) is 5.57. The summed E-state index contributed by atoms with van der Waals surface area (Å²) in [5.74, 6) is 0.112. The fraction of sp³-hybridized carbons (Fsp3) is 0.250. The Bertz CT molecular complexity index is 1350. The van der Waals surface area contributed by atoms with Crippen LogP contribution in [0, 0.1) is 6.92 Å². The van der Waals surface area contributed by atoms with Crippen LogP contribution in [-0.4, -0.2) is 34.1 Å². The third-order valence-corrected chi connectivity index (χ3v) is 7.78. The fourth-order valence-electron chi connectivity index (χ4n) is 4.11. The van der Waals surface area contributed by atoms with Crippen molar-refractivity contribution in [1.29, 1.82) is 0 Å². The molecule has 0 aliphatic carbocycles. The van der Waals surface area contributed by atoms with Gasteiger partial charge in [0.05, 0.1) is 24.2 Å². The van der Waals surface area contributed by atoms with Crippen molar-refractivity contribution in [3.8, 4) is 5.75 Å². The summed E-state index contributed by atoms with van der Waals surface area (Å²) in [6, 6.07) is 22.4. The largest absolute Gasteiger partial charge is 0.486 e. The highest BCUT2D eigenvalue weighted by Gasteiger charge is 2.35. The summed E-state index contributed by atoms with van der Waals surface area (Å²) in [6.07, 6.45) is 2.04. The van der Waals surface area contributed by atoms with Gasteiger partial charge in [-0.25, -0.2) is 8.42 Å². The molecule has 0 fully saturated rings. The lowest BCUT2D eigenvalue weighted by Crippen LogP contribution is -2.43. The van der Waals surface area contributed by atoms with Crippen LogP contribution in [0.2, 0.25) is 0 Å². The van der Waals surface area contributed by atoms with Crippen molar-refractivity contribution in [2.24, 2.45) is 0 Å². The summed E-state index contributed by atoms with van der Waals surface area (Å²) < 4.78 is 39.8. The molecule has 0 saturated heterocycles. The molecule has 0 aromatic heterocycles. The molecule has 35 heavy (non-hydrogen) atoms. The van der Waals surface area contributed by atoms with Crippen LogP contribution >= 0.6 is 0 Å². The number of carbonyl (C=O) groups is 1. The van der Waals surface area contributed by atoms with E-state index in [1.165, 1.54) is 11.4 Å². The summed E-state index contributed by atoms with van der Waals surface area (Å²) >= 11 is 0. The van der Waals surface area contributed by atoms with Gasteiger partial charge in [0.2, 0.25) is 0 Å². The standard InChI is InChI=1S/C28H29NO5S/c1-20-8-7-11-25(16-20)35(31,32)29-19-24(13-15-28(30)33-3)34-27-14-12-22(18-26(27)29)17-21(2)23-9-5-4-6-10-23/h4-12,14,16-18,24H,13,15,19H2,1-3H3/b21-17+/t24-/m0/s1. The average Bonchev–Trinajstić information content (AvgIpc) is 2.87. The number of ether oxygens (including phenoxy) is 2. The zero-order valence-corrected chi connectivity index (χ0v) is 20.9. The van der Waals surface area contributed by atoms with E-state index >= 15 is 0 Å². The van der Waals surface area contributed by atoms with E-state index in [9.17, 15) is 13.2 Å². The number of hydrogen-bond acceptors (Lipinski definition) is 5. The number of hydrogen-bond donors (Lipinski definition) is 0.